The van der Waals surface area contributed by atoms with E-state index in [0.717, 1.165) is 0 Å². The summed E-state index contributed by atoms with van der Waals surface area (Å²) in [5.74, 6) is -0.278. The van der Waals surface area contributed by atoms with Crippen LogP contribution in [0.15, 0.2) is 12.5 Å². The van der Waals surface area contributed by atoms with E-state index in [1.165, 1.54) is 12.5 Å². The van der Waals surface area contributed by atoms with Gasteiger partial charge in [0, 0.05) is 0 Å². The first-order valence-electron chi connectivity index (χ1n) is 3.18. The lowest BCUT2D eigenvalue weighted by molar-refractivity contribution is -0.137. The predicted octanol–water partition coefficient (Wildman–Crippen LogP) is 0.295. The van der Waals surface area contributed by atoms with E-state index in [1.54, 1.807) is 6.92 Å². The first-order valence-corrected chi connectivity index (χ1v) is 3.18. The summed E-state index contributed by atoms with van der Waals surface area (Å²) < 4.78 is 0. The zero-order chi connectivity index (χ0) is 8.27. The molecule has 1 aromatic rings. The molecular formula is C6H9N3O2. The van der Waals surface area contributed by atoms with Crippen LogP contribution in [0, 0.1) is 0 Å². The highest BCUT2D eigenvalue weighted by Gasteiger charge is 2.09. The molecule has 0 fully saturated rings. The Labute approximate surface area is 63.5 Å². The molecular weight excluding hydrogens is 146 g/mol. The molecule has 1 heterocycles. The van der Waals surface area contributed by atoms with Gasteiger partial charge in [0.25, 0.3) is 0 Å². The molecule has 5 heteroatoms. The molecule has 0 bridgehead atoms. The first kappa shape index (κ1) is 7.59. The molecule has 0 aromatic carbocycles. The molecule has 0 aliphatic heterocycles. The van der Waals surface area contributed by atoms with Crippen LogP contribution in [0.25, 0.3) is 0 Å². The summed E-state index contributed by atoms with van der Waals surface area (Å²) in [6.07, 6.45) is 3.01. The number of carboxylic acids is 1. The second-order valence-corrected chi connectivity index (χ2v) is 2.17. The number of carboxylic acid groups (broad SMARTS) is 1. The number of nitrogens with zero attached hydrogens (tertiary/aromatic N) is 1. The third-order valence-electron chi connectivity index (χ3n) is 1.24. The van der Waals surface area contributed by atoms with Gasteiger partial charge in [0.15, 0.2) is 0 Å². The number of anilines is 1. The maximum Gasteiger partial charge on any atom is 0.325 e. The monoisotopic (exact) mass is 155 g/mol. The maximum atomic E-state index is 10.3. The summed E-state index contributed by atoms with van der Waals surface area (Å²) >= 11 is 0. The second-order valence-electron chi connectivity index (χ2n) is 2.17. The standard InChI is InChI=1S/C6H9N3O2/c1-4(6(10)11)9-5-2-7-3-8-5/h2-4,9H,1H3,(H,7,8)(H,10,11). The lowest BCUT2D eigenvalue weighted by Gasteiger charge is -2.06. The van der Waals surface area contributed by atoms with Gasteiger partial charge >= 0.3 is 5.97 Å². The van der Waals surface area contributed by atoms with E-state index in [0.29, 0.717) is 5.82 Å². The molecule has 0 saturated heterocycles. The molecule has 0 aliphatic rings. The van der Waals surface area contributed by atoms with Crippen molar-refractivity contribution in [2.75, 3.05) is 5.32 Å². The molecule has 1 aromatic heterocycles. The summed E-state index contributed by atoms with van der Waals surface area (Å²) in [5, 5.41) is 11.2. The van der Waals surface area contributed by atoms with Gasteiger partial charge in [0.1, 0.15) is 11.9 Å². The van der Waals surface area contributed by atoms with Crippen molar-refractivity contribution in [3.63, 3.8) is 0 Å². The zero-order valence-corrected chi connectivity index (χ0v) is 6.03. The van der Waals surface area contributed by atoms with Crippen molar-refractivity contribution in [1.82, 2.24) is 9.97 Å². The maximum absolute atomic E-state index is 10.3. The fraction of sp³-hybridized carbons (Fsp3) is 0.333. The molecule has 3 N–H and O–H groups in total. The lowest BCUT2D eigenvalue weighted by atomic mass is 10.3. The van der Waals surface area contributed by atoms with Gasteiger partial charge in [-0.15, -0.1) is 0 Å². The van der Waals surface area contributed by atoms with Crippen molar-refractivity contribution in [1.29, 1.82) is 0 Å². The van der Waals surface area contributed by atoms with Crippen LogP contribution in [0.2, 0.25) is 0 Å². The van der Waals surface area contributed by atoms with Crippen LogP contribution in [0.1, 0.15) is 6.92 Å². The minimum absolute atomic E-state index is 0.601. The molecule has 0 spiro atoms. The van der Waals surface area contributed by atoms with Crippen LogP contribution < -0.4 is 5.32 Å². The number of aromatic nitrogens is 2. The fourth-order valence-corrected chi connectivity index (χ4v) is 0.630. The Morgan fingerprint density at radius 3 is 3.09 bits per heavy atom. The minimum Gasteiger partial charge on any atom is -0.480 e. The lowest BCUT2D eigenvalue weighted by Crippen LogP contribution is -2.25. The van der Waals surface area contributed by atoms with Crippen LogP contribution in [-0.4, -0.2) is 27.1 Å². The molecule has 0 saturated carbocycles. The normalized spacial score (nSPS) is 12.5. The van der Waals surface area contributed by atoms with Gasteiger partial charge in [-0.3, -0.25) is 4.79 Å². The van der Waals surface area contributed by atoms with E-state index < -0.39 is 12.0 Å². The number of nitrogens with one attached hydrogen (secondary N) is 2. The van der Waals surface area contributed by atoms with E-state index >= 15 is 0 Å². The largest absolute Gasteiger partial charge is 0.480 e. The highest BCUT2D eigenvalue weighted by Crippen LogP contribution is 2.00. The summed E-state index contributed by atoms with van der Waals surface area (Å²) in [4.78, 5) is 16.8. The molecule has 1 unspecified atom stereocenters. The third-order valence-corrected chi connectivity index (χ3v) is 1.24. The summed E-state index contributed by atoms with van der Waals surface area (Å²) in [6.45, 7) is 1.56. The van der Waals surface area contributed by atoms with Gasteiger partial charge in [-0.2, -0.15) is 0 Å². The minimum atomic E-state index is -0.889. The topological polar surface area (TPSA) is 78.0 Å². The average Bonchev–Trinajstić information content (AvgIpc) is 2.39. The van der Waals surface area contributed by atoms with E-state index in [4.69, 9.17) is 5.11 Å². The van der Waals surface area contributed by atoms with E-state index in [-0.39, 0.29) is 0 Å². The number of aliphatic carboxylic acids is 1. The van der Waals surface area contributed by atoms with Crippen LogP contribution in [0.5, 0.6) is 0 Å². The van der Waals surface area contributed by atoms with Crippen molar-refractivity contribution >= 4 is 11.8 Å². The summed E-state index contributed by atoms with van der Waals surface area (Å²) in [6, 6.07) is -0.601. The highest BCUT2D eigenvalue weighted by atomic mass is 16.4. The van der Waals surface area contributed by atoms with Crippen molar-refractivity contribution < 1.29 is 9.90 Å². The number of H-pyrrole nitrogens is 1. The number of carbonyl (C=O) groups is 1. The zero-order valence-electron chi connectivity index (χ0n) is 6.03. The van der Waals surface area contributed by atoms with Gasteiger partial charge < -0.3 is 15.4 Å². The van der Waals surface area contributed by atoms with E-state index in [2.05, 4.69) is 15.3 Å². The SMILES string of the molecule is CC(Nc1cnc[nH]1)C(=O)O. The molecule has 0 aliphatic carbocycles. The highest BCUT2D eigenvalue weighted by molar-refractivity contribution is 5.76. The van der Waals surface area contributed by atoms with Gasteiger partial charge in [-0.1, -0.05) is 0 Å². The van der Waals surface area contributed by atoms with Gasteiger partial charge in [0.05, 0.1) is 12.5 Å². The van der Waals surface area contributed by atoms with Crippen molar-refractivity contribution in [2.24, 2.45) is 0 Å². The first-order chi connectivity index (χ1) is 5.20. The van der Waals surface area contributed by atoms with Gasteiger partial charge in [-0.05, 0) is 6.92 Å². The Bertz CT molecular complexity index is 232. The predicted molar refractivity (Wildman–Crippen MR) is 39.3 cm³/mol. The third kappa shape index (κ3) is 1.96. The molecule has 5 nitrogen and oxygen atoms in total. The van der Waals surface area contributed by atoms with Gasteiger partial charge in [-0.25, -0.2) is 4.98 Å². The Balaban J connectivity index is 2.50. The summed E-state index contributed by atoms with van der Waals surface area (Å²) in [7, 11) is 0. The molecule has 60 valence electrons. The van der Waals surface area contributed by atoms with Crippen LogP contribution in [0.4, 0.5) is 5.82 Å². The molecule has 0 radical (unpaired) electrons. The quantitative estimate of drug-likeness (QED) is 0.586. The number of imidazole rings is 1. The Kier molecular flexibility index (Phi) is 2.10. The van der Waals surface area contributed by atoms with Crippen molar-refractivity contribution in [2.45, 2.75) is 13.0 Å². The van der Waals surface area contributed by atoms with Crippen molar-refractivity contribution in [3.8, 4) is 0 Å². The Morgan fingerprint density at radius 2 is 2.64 bits per heavy atom. The molecule has 0 amide bonds. The Morgan fingerprint density at radius 1 is 1.91 bits per heavy atom. The van der Waals surface area contributed by atoms with E-state index in [9.17, 15) is 4.79 Å². The average molecular weight is 155 g/mol. The smallest absolute Gasteiger partial charge is 0.325 e. The number of hydrogen-bond acceptors (Lipinski definition) is 3. The van der Waals surface area contributed by atoms with Crippen LogP contribution in [-0.2, 0) is 4.79 Å². The van der Waals surface area contributed by atoms with Gasteiger partial charge in [0.2, 0.25) is 0 Å². The van der Waals surface area contributed by atoms with Crippen LogP contribution in [0.3, 0.4) is 0 Å². The number of hydrogen-bond donors (Lipinski definition) is 3. The van der Waals surface area contributed by atoms with Crippen LogP contribution >= 0.6 is 0 Å². The number of aromatic amines is 1. The summed E-state index contributed by atoms with van der Waals surface area (Å²) in [5.41, 5.74) is 0. The molecule has 1 atom stereocenters. The second kappa shape index (κ2) is 3.05. The number of rotatable bonds is 3. The Hall–Kier alpha value is -1.52. The van der Waals surface area contributed by atoms with Crippen molar-refractivity contribution in [3.05, 3.63) is 12.5 Å². The molecule has 11 heavy (non-hydrogen) atoms. The molecule has 1 rings (SSSR count). The fourth-order valence-electron chi connectivity index (χ4n) is 0.630. The van der Waals surface area contributed by atoms with E-state index in [1.807, 2.05) is 0 Å².